The highest BCUT2D eigenvalue weighted by Gasteiger charge is 2.15. The Morgan fingerprint density at radius 1 is 1.19 bits per heavy atom. The Morgan fingerprint density at radius 3 is 2.25 bits per heavy atom. The fourth-order valence-corrected chi connectivity index (χ4v) is 1.85. The first-order valence-corrected chi connectivity index (χ1v) is 6.51. The minimum absolute atomic E-state index is 0.185. The van der Waals surface area contributed by atoms with Crippen molar-refractivity contribution in [2.45, 2.75) is 53.5 Å². The molecule has 0 spiro atoms. The van der Waals surface area contributed by atoms with Gasteiger partial charge in [0.25, 0.3) is 0 Å². The average Bonchev–Trinajstić information content (AvgIpc) is 2.23. The van der Waals surface area contributed by atoms with E-state index >= 15 is 0 Å². The molecule has 16 heavy (non-hydrogen) atoms. The molecule has 3 heteroatoms. The van der Waals surface area contributed by atoms with Gasteiger partial charge >= 0.3 is 0 Å². The average molecular weight is 228 g/mol. The van der Waals surface area contributed by atoms with Gasteiger partial charge in [-0.25, -0.2) is 0 Å². The van der Waals surface area contributed by atoms with E-state index in [4.69, 9.17) is 0 Å². The molecule has 0 aromatic rings. The number of likely N-dealkylation sites (N-methyl/N-ethyl adjacent to an activating group) is 1. The lowest BCUT2D eigenvalue weighted by Gasteiger charge is -2.19. The molecule has 0 aromatic carbocycles. The van der Waals surface area contributed by atoms with E-state index in [-0.39, 0.29) is 5.91 Å². The van der Waals surface area contributed by atoms with Crippen molar-refractivity contribution in [2.24, 2.45) is 11.8 Å². The van der Waals surface area contributed by atoms with Gasteiger partial charge in [0.15, 0.2) is 0 Å². The molecule has 0 aromatic heterocycles. The molecule has 0 radical (unpaired) electrons. The molecule has 0 saturated carbocycles. The predicted molar refractivity (Wildman–Crippen MR) is 69.4 cm³/mol. The molecule has 1 unspecified atom stereocenters. The van der Waals surface area contributed by atoms with Crippen LogP contribution < -0.4 is 10.6 Å². The zero-order valence-corrected chi connectivity index (χ0v) is 11.5. The molecule has 0 aliphatic carbocycles. The van der Waals surface area contributed by atoms with Crippen molar-refractivity contribution in [1.29, 1.82) is 0 Å². The normalized spacial score (nSPS) is 14.9. The van der Waals surface area contributed by atoms with Gasteiger partial charge in [-0.15, -0.1) is 0 Å². The molecular weight excluding hydrogens is 200 g/mol. The fourth-order valence-electron chi connectivity index (χ4n) is 1.85. The second kappa shape index (κ2) is 8.57. The van der Waals surface area contributed by atoms with E-state index in [1.54, 1.807) is 0 Å². The van der Waals surface area contributed by atoms with E-state index in [0.29, 0.717) is 24.3 Å². The molecule has 0 aliphatic rings. The summed E-state index contributed by atoms with van der Waals surface area (Å²) >= 11 is 0. The van der Waals surface area contributed by atoms with Crippen molar-refractivity contribution in [3.05, 3.63) is 0 Å². The highest BCUT2D eigenvalue weighted by molar-refractivity contribution is 5.76. The van der Waals surface area contributed by atoms with E-state index in [2.05, 4.69) is 45.3 Å². The van der Waals surface area contributed by atoms with Crippen molar-refractivity contribution in [3.63, 3.8) is 0 Å². The highest BCUT2D eigenvalue weighted by atomic mass is 16.1. The molecule has 0 fully saturated rings. The Hall–Kier alpha value is -0.570. The molecule has 2 atom stereocenters. The molecular formula is C13H28N2O. The third-order valence-corrected chi connectivity index (χ3v) is 3.07. The van der Waals surface area contributed by atoms with Crippen molar-refractivity contribution in [1.82, 2.24) is 10.6 Å². The van der Waals surface area contributed by atoms with Crippen LogP contribution in [-0.4, -0.2) is 25.0 Å². The van der Waals surface area contributed by atoms with Crippen LogP contribution in [0.4, 0.5) is 0 Å². The van der Waals surface area contributed by atoms with Crippen LogP contribution >= 0.6 is 0 Å². The quantitative estimate of drug-likeness (QED) is 0.668. The second-order valence-electron chi connectivity index (χ2n) is 4.88. The first-order valence-electron chi connectivity index (χ1n) is 6.51. The van der Waals surface area contributed by atoms with Crippen LogP contribution in [0.15, 0.2) is 0 Å². The van der Waals surface area contributed by atoms with Gasteiger partial charge in [0.05, 0.1) is 0 Å². The van der Waals surface area contributed by atoms with Crippen LogP contribution in [-0.2, 0) is 4.79 Å². The Bertz CT molecular complexity index is 192. The zero-order chi connectivity index (χ0) is 12.6. The maximum absolute atomic E-state index is 11.7. The lowest BCUT2D eigenvalue weighted by molar-refractivity contribution is -0.122. The van der Waals surface area contributed by atoms with Crippen molar-refractivity contribution in [3.8, 4) is 0 Å². The second-order valence-corrected chi connectivity index (χ2v) is 4.88. The van der Waals surface area contributed by atoms with Crippen LogP contribution in [0.25, 0.3) is 0 Å². The number of hydrogen-bond acceptors (Lipinski definition) is 2. The van der Waals surface area contributed by atoms with Crippen LogP contribution in [0.3, 0.4) is 0 Å². The van der Waals surface area contributed by atoms with Crippen molar-refractivity contribution >= 4 is 5.91 Å². The van der Waals surface area contributed by atoms with Crippen LogP contribution in [0.1, 0.15) is 47.5 Å². The maximum atomic E-state index is 11.7. The summed E-state index contributed by atoms with van der Waals surface area (Å²) < 4.78 is 0. The van der Waals surface area contributed by atoms with Gasteiger partial charge in [-0.05, 0) is 25.3 Å². The predicted octanol–water partition coefficient (Wildman–Crippen LogP) is 2.17. The summed E-state index contributed by atoms with van der Waals surface area (Å²) in [4.78, 5) is 11.7. The van der Waals surface area contributed by atoms with E-state index in [1.165, 1.54) is 0 Å². The van der Waals surface area contributed by atoms with Gasteiger partial charge in [0, 0.05) is 19.0 Å². The van der Waals surface area contributed by atoms with E-state index in [0.717, 1.165) is 19.5 Å². The van der Waals surface area contributed by atoms with E-state index < -0.39 is 0 Å². The fraction of sp³-hybridized carbons (Fsp3) is 0.923. The molecule has 0 rings (SSSR count). The molecule has 0 bridgehead atoms. The van der Waals surface area contributed by atoms with Gasteiger partial charge < -0.3 is 10.6 Å². The zero-order valence-electron chi connectivity index (χ0n) is 11.5. The number of carbonyl (C=O) groups is 1. The lowest BCUT2D eigenvalue weighted by atomic mass is 9.90. The maximum Gasteiger partial charge on any atom is 0.220 e. The van der Waals surface area contributed by atoms with Crippen LogP contribution in [0.5, 0.6) is 0 Å². The molecule has 3 nitrogen and oxygen atoms in total. The summed E-state index contributed by atoms with van der Waals surface area (Å²) in [7, 11) is 0. The van der Waals surface area contributed by atoms with Crippen LogP contribution in [0.2, 0.25) is 0 Å². The SMILES string of the molecule is CCN[C@H](C)CNC(=O)CC(CC)C(C)C. The van der Waals surface area contributed by atoms with Crippen molar-refractivity contribution in [2.75, 3.05) is 13.1 Å². The van der Waals surface area contributed by atoms with Gasteiger partial charge in [-0.2, -0.15) is 0 Å². The summed E-state index contributed by atoms with van der Waals surface area (Å²) in [5.41, 5.74) is 0. The number of amides is 1. The van der Waals surface area contributed by atoms with Gasteiger partial charge in [-0.3, -0.25) is 4.79 Å². The Balaban J connectivity index is 3.80. The third-order valence-electron chi connectivity index (χ3n) is 3.07. The summed E-state index contributed by atoms with van der Waals surface area (Å²) in [6, 6.07) is 0.355. The smallest absolute Gasteiger partial charge is 0.220 e. The largest absolute Gasteiger partial charge is 0.355 e. The standard InChI is InChI=1S/C13H28N2O/c1-6-12(10(3)4)8-13(16)15-9-11(5)14-7-2/h10-12,14H,6-9H2,1-5H3,(H,15,16)/t11-,12?/m1/s1. The number of hydrogen-bond donors (Lipinski definition) is 2. The van der Waals surface area contributed by atoms with E-state index in [1.807, 2.05) is 0 Å². The monoisotopic (exact) mass is 228 g/mol. The molecule has 2 N–H and O–H groups in total. The summed E-state index contributed by atoms with van der Waals surface area (Å²) in [5.74, 6) is 1.28. The Labute approximate surface area is 100 Å². The Morgan fingerprint density at radius 2 is 1.81 bits per heavy atom. The van der Waals surface area contributed by atoms with Gasteiger partial charge in [-0.1, -0.05) is 34.1 Å². The topological polar surface area (TPSA) is 41.1 Å². The minimum atomic E-state index is 0.185. The van der Waals surface area contributed by atoms with Crippen LogP contribution in [0, 0.1) is 11.8 Å². The highest BCUT2D eigenvalue weighted by Crippen LogP contribution is 2.18. The molecule has 0 heterocycles. The van der Waals surface area contributed by atoms with Gasteiger partial charge in [0.1, 0.15) is 0 Å². The molecule has 1 amide bonds. The number of rotatable bonds is 8. The van der Waals surface area contributed by atoms with Gasteiger partial charge in [0.2, 0.25) is 5.91 Å². The third kappa shape index (κ3) is 6.83. The molecule has 96 valence electrons. The first kappa shape index (κ1) is 15.4. The summed E-state index contributed by atoms with van der Waals surface area (Å²) in [6.45, 7) is 12.3. The lowest BCUT2D eigenvalue weighted by Crippen LogP contribution is -2.39. The van der Waals surface area contributed by atoms with E-state index in [9.17, 15) is 4.79 Å². The molecule has 0 aliphatic heterocycles. The number of nitrogens with one attached hydrogen (secondary N) is 2. The van der Waals surface area contributed by atoms with Crippen molar-refractivity contribution < 1.29 is 4.79 Å². The Kier molecular flexibility index (Phi) is 8.26. The number of carbonyl (C=O) groups excluding carboxylic acids is 1. The first-order chi connectivity index (χ1) is 7.51. The summed E-state index contributed by atoms with van der Waals surface area (Å²) in [5, 5.41) is 6.26. The molecule has 0 saturated heterocycles. The minimum Gasteiger partial charge on any atom is -0.355 e. The summed E-state index contributed by atoms with van der Waals surface area (Å²) in [6.07, 6.45) is 1.74.